The first-order valence-corrected chi connectivity index (χ1v) is 21.6. The number of ether oxygens (including phenoxy) is 2. The van der Waals surface area contributed by atoms with Crippen molar-refractivity contribution < 1.29 is 42.1 Å². The van der Waals surface area contributed by atoms with Crippen molar-refractivity contribution in [1.82, 2.24) is 35.1 Å². The van der Waals surface area contributed by atoms with E-state index in [9.17, 15) is 27.6 Å². The molecule has 3 aliphatic heterocycles. The number of rotatable bonds is 3. The first-order chi connectivity index (χ1) is 30.1. The van der Waals surface area contributed by atoms with E-state index in [0.717, 1.165) is 72.5 Å². The molecule has 0 atom stereocenters. The summed E-state index contributed by atoms with van der Waals surface area (Å²) in [5, 5.41) is 12.1. The zero-order chi connectivity index (χ0) is 46.8. The van der Waals surface area contributed by atoms with Crippen molar-refractivity contribution in [3.63, 3.8) is 0 Å². The summed E-state index contributed by atoms with van der Waals surface area (Å²) >= 11 is 0. The Balaban J connectivity index is 0.000000197. The Morgan fingerprint density at radius 1 is 0.631 bits per heavy atom. The number of fused-ring (bicyclic) bond motifs is 2. The SMILES string of the molecule is CC(C)(C)OC(=O)N1CCC(C(=O)O)CC1.CC(C)(C)OC(=O)N1CCC(c2nc3ccc(F)cc3[nH]2)CC1.Cl.Fc1ccc2nc(C3CCNCC3)[nH]c2c1.Nc1ccc(F)cc1N. The molecule has 5 heterocycles. The molecule has 8 N–H and O–H groups in total. The minimum Gasteiger partial charge on any atom is -0.481 e. The van der Waals surface area contributed by atoms with Gasteiger partial charge >= 0.3 is 18.2 Å². The van der Waals surface area contributed by atoms with E-state index < -0.39 is 17.2 Å². The van der Waals surface area contributed by atoms with Gasteiger partial charge in [-0.2, -0.15) is 0 Å². The number of aliphatic carboxylic acids is 1. The fourth-order valence-electron chi connectivity index (χ4n) is 7.33. The molecule has 65 heavy (non-hydrogen) atoms. The molecule has 2 amide bonds. The molecule has 15 nitrogen and oxygen atoms in total. The topological polar surface area (TPSA) is 218 Å². The van der Waals surface area contributed by atoms with Crippen LogP contribution in [0.2, 0.25) is 0 Å². The number of carbonyl (C=O) groups excluding carboxylic acids is 2. The number of hydrogen-bond donors (Lipinski definition) is 6. The Morgan fingerprint density at radius 2 is 1.03 bits per heavy atom. The monoisotopic (exact) mass is 929 g/mol. The number of aromatic nitrogens is 4. The van der Waals surface area contributed by atoms with E-state index in [1.165, 1.54) is 42.5 Å². The van der Waals surface area contributed by atoms with Crippen LogP contribution in [0.25, 0.3) is 22.1 Å². The zero-order valence-electron chi connectivity index (χ0n) is 37.9. The largest absolute Gasteiger partial charge is 0.481 e. The van der Waals surface area contributed by atoms with Gasteiger partial charge in [0.2, 0.25) is 0 Å². The van der Waals surface area contributed by atoms with E-state index in [1.807, 2.05) is 41.5 Å². The molecule has 0 radical (unpaired) electrons. The number of likely N-dealkylation sites (tertiary alicyclic amines) is 2. The Morgan fingerprint density at radius 3 is 1.43 bits per heavy atom. The lowest BCUT2D eigenvalue weighted by molar-refractivity contribution is -0.143. The molecule has 0 bridgehead atoms. The summed E-state index contributed by atoms with van der Waals surface area (Å²) < 4.78 is 49.1. The normalized spacial score (nSPS) is 16.2. The Hall–Kier alpha value is -5.75. The molecule has 5 aromatic rings. The average Bonchev–Trinajstić information content (AvgIpc) is 3.86. The molecule has 3 saturated heterocycles. The zero-order valence-corrected chi connectivity index (χ0v) is 38.7. The second kappa shape index (κ2) is 22.9. The molecule has 19 heteroatoms. The summed E-state index contributed by atoms with van der Waals surface area (Å²) in [5.74, 6) is 0.669. The number of imidazole rings is 2. The Kier molecular flexibility index (Phi) is 18.3. The van der Waals surface area contributed by atoms with E-state index in [4.69, 9.17) is 26.0 Å². The minimum absolute atomic E-state index is 0. The number of halogens is 4. The van der Waals surface area contributed by atoms with Gasteiger partial charge in [0, 0.05) is 38.0 Å². The molecule has 0 unspecified atom stereocenters. The maximum absolute atomic E-state index is 13.3. The summed E-state index contributed by atoms with van der Waals surface area (Å²) in [7, 11) is 0. The first-order valence-electron chi connectivity index (χ1n) is 21.6. The molecule has 3 aliphatic rings. The van der Waals surface area contributed by atoms with Crippen molar-refractivity contribution in [3.05, 3.63) is 83.7 Å². The van der Waals surface area contributed by atoms with Gasteiger partial charge in [-0.25, -0.2) is 32.7 Å². The van der Waals surface area contributed by atoms with Crippen molar-refractivity contribution in [2.45, 2.75) is 103 Å². The fraction of sp³-hybridized carbons (Fsp3) is 0.500. The van der Waals surface area contributed by atoms with Gasteiger partial charge in [-0.1, -0.05) is 0 Å². The number of H-pyrrole nitrogens is 2. The van der Waals surface area contributed by atoms with Crippen LogP contribution >= 0.6 is 12.4 Å². The van der Waals surface area contributed by atoms with Crippen molar-refractivity contribution in [2.75, 3.05) is 50.7 Å². The number of aromatic amines is 2. The molecule has 0 aliphatic carbocycles. The van der Waals surface area contributed by atoms with E-state index in [-0.39, 0.29) is 59.6 Å². The van der Waals surface area contributed by atoms with Gasteiger partial charge in [-0.05, 0) is 148 Å². The molecule has 3 fully saturated rings. The standard InChI is InChI=1S/C17H22FN3O2.C12H14FN3.C11H19NO4.C6H7FN2.ClH/c1-17(2,3)23-16(22)21-8-6-11(7-9-21)15-19-13-5-4-12(18)10-14(13)20-15;13-9-1-2-10-11(7-9)16-12(15-10)8-3-5-14-6-4-8;1-11(2,3)16-10(15)12-6-4-8(5-7-12)9(13)14;7-4-1-2-5(8)6(9)3-4;/h4-5,10-11H,6-9H2,1-3H3,(H,19,20);1-2,7-8,14H,3-6H2,(H,15,16);8H,4-7H2,1-3H3,(H,13,14);1-3H,8-9H2;1H. The number of nitrogen functional groups attached to an aromatic ring is 2. The van der Waals surface area contributed by atoms with Gasteiger partial charge in [-0.3, -0.25) is 4.79 Å². The summed E-state index contributed by atoms with van der Waals surface area (Å²) in [6.07, 6.45) is 4.25. The third-order valence-corrected chi connectivity index (χ3v) is 10.7. The van der Waals surface area contributed by atoms with Crippen LogP contribution in [-0.4, -0.2) is 103 Å². The molecule has 2 aromatic heterocycles. The van der Waals surface area contributed by atoms with E-state index in [2.05, 4.69) is 25.3 Å². The van der Waals surface area contributed by atoms with E-state index in [1.54, 1.807) is 21.9 Å². The van der Waals surface area contributed by atoms with E-state index in [0.29, 0.717) is 50.6 Å². The molecular formula is C46H63ClF3N9O6. The van der Waals surface area contributed by atoms with Gasteiger partial charge < -0.3 is 51.1 Å². The summed E-state index contributed by atoms with van der Waals surface area (Å²) in [6, 6.07) is 13.1. The molecule has 356 valence electrons. The van der Waals surface area contributed by atoms with Crippen LogP contribution in [0.15, 0.2) is 54.6 Å². The number of hydrogen-bond acceptors (Lipinski definition) is 10. The number of piperidine rings is 3. The van der Waals surface area contributed by atoms with Crippen molar-refractivity contribution in [2.24, 2.45) is 5.92 Å². The fourth-order valence-corrected chi connectivity index (χ4v) is 7.33. The molecule has 8 rings (SSSR count). The van der Waals surface area contributed by atoms with Crippen molar-refractivity contribution in [3.8, 4) is 0 Å². The average molecular weight is 931 g/mol. The maximum Gasteiger partial charge on any atom is 0.410 e. The number of nitrogens with zero attached hydrogens (tertiary/aromatic N) is 4. The van der Waals surface area contributed by atoms with E-state index >= 15 is 0 Å². The second-order valence-corrected chi connectivity index (χ2v) is 18.2. The van der Waals surface area contributed by atoms with Crippen LogP contribution in [0.3, 0.4) is 0 Å². The summed E-state index contributed by atoms with van der Waals surface area (Å²) in [6.45, 7) is 15.3. The van der Waals surface area contributed by atoms with Crippen LogP contribution in [0.4, 0.5) is 34.1 Å². The molecular weight excluding hydrogens is 867 g/mol. The maximum atomic E-state index is 13.3. The molecule has 0 saturated carbocycles. The molecule has 0 spiro atoms. The third-order valence-electron chi connectivity index (χ3n) is 10.7. The predicted octanol–water partition coefficient (Wildman–Crippen LogP) is 9.12. The first kappa shape index (κ1) is 51.9. The number of amides is 2. The van der Waals surface area contributed by atoms with Crippen LogP contribution in [0, 0.1) is 23.4 Å². The number of anilines is 2. The highest BCUT2D eigenvalue weighted by Gasteiger charge is 2.30. The van der Waals surface area contributed by atoms with Crippen molar-refractivity contribution in [1.29, 1.82) is 0 Å². The highest BCUT2D eigenvalue weighted by molar-refractivity contribution is 5.85. The lowest BCUT2D eigenvalue weighted by Gasteiger charge is -2.32. The van der Waals surface area contributed by atoms with Gasteiger partial charge in [0.1, 0.15) is 40.3 Å². The van der Waals surface area contributed by atoms with Gasteiger partial charge in [0.25, 0.3) is 0 Å². The smallest absolute Gasteiger partial charge is 0.410 e. The number of carboxylic acid groups (broad SMARTS) is 1. The lowest BCUT2D eigenvalue weighted by Crippen LogP contribution is -2.42. The van der Waals surface area contributed by atoms with Gasteiger partial charge in [0.15, 0.2) is 0 Å². The van der Waals surface area contributed by atoms with Crippen LogP contribution in [0.1, 0.15) is 104 Å². The van der Waals surface area contributed by atoms with Gasteiger partial charge in [-0.15, -0.1) is 12.4 Å². The number of benzene rings is 3. The summed E-state index contributed by atoms with van der Waals surface area (Å²) in [4.78, 5) is 53.3. The number of nitrogens with two attached hydrogens (primary N) is 2. The minimum atomic E-state index is -0.774. The summed E-state index contributed by atoms with van der Waals surface area (Å²) in [5.41, 5.74) is 13.4. The Labute approximate surface area is 383 Å². The molecule has 3 aromatic carbocycles. The second-order valence-electron chi connectivity index (χ2n) is 18.2. The number of carboxylic acids is 1. The van der Waals surface area contributed by atoms with Crippen LogP contribution in [-0.2, 0) is 14.3 Å². The lowest BCUT2D eigenvalue weighted by atomic mass is 9.96. The number of nitrogens with one attached hydrogen (secondary N) is 3. The Bertz CT molecular complexity index is 2340. The predicted molar refractivity (Wildman–Crippen MR) is 247 cm³/mol. The van der Waals surface area contributed by atoms with Crippen molar-refractivity contribution >= 4 is 64.0 Å². The quantitative estimate of drug-likeness (QED) is 0.0938. The third kappa shape index (κ3) is 16.0. The van der Waals surface area contributed by atoms with Gasteiger partial charge in [0.05, 0.1) is 39.4 Å². The van der Waals surface area contributed by atoms with Crippen LogP contribution in [0.5, 0.6) is 0 Å². The number of carbonyl (C=O) groups is 3. The highest BCUT2D eigenvalue weighted by atomic mass is 35.5. The van der Waals surface area contributed by atoms with Crippen LogP contribution < -0.4 is 16.8 Å². The highest BCUT2D eigenvalue weighted by Crippen LogP contribution is 2.29.